The lowest BCUT2D eigenvalue weighted by molar-refractivity contribution is -0.384. The van der Waals surface area contributed by atoms with Crippen molar-refractivity contribution in [3.8, 4) is 5.75 Å². The van der Waals surface area contributed by atoms with E-state index < -0.39 is 34.4 Å². The van der Waals surface area contributed by atoms with E-state index in [2.05, 4.69) is 5.32 Å². The Morgan fingerprint density at radius 3 is 2.43 bits per heavy atom. The smallest absolute Gasteiger partial charge is 0.307 e. The van der Waals surface area contributed by atoms with Gasteiger partial charge in [-0.05, 0) is 24.3 Å². The largest absolute Gasteiger partial charge is 0.506 e. The van der Waals surface area contributed by atoms with Gasteiger partial charge in [0.2, 0.25) is 5.91 Å². The van der Waals surface area contributed by atoms with E-state index in [1.165, 1.54) is 6.07 Å². The van der Waals surface area contributed by atoms with Crippen LogP contribution in [0.4, 0.5) is 11.4 Å². The van der Waals surface area contributed by atoms with Crippen LogP contribution in [-0.4, -0.2) is 27.0 Å². The van der Waals surface area contributed by atoms with E-state index in [1.54, 1.807) is 0 Å². The number of aromatic hydroxyl groups is 1. The minimum atomic E-state index is -1.02. The molecule has 0 saturated heterocycles. The average Bonchev–Trinajstić information content (AvgIpc) is 3.09. The van der Waals surface area contributed by atoms with Gasteiger partial charge < -0.3 is 15.5 Å². The van der Waals surface area contributed by atoms with Gasteiger partial charge in [0.15, 0.2) is 0 Å². The number of rotatable bonds is 4. The fourth-order valence-electron chi connectivity index (χ4n) is 3.47. The number of non-ortho nitro benzene ring substituents is 1. The molecule has 2 aliphatic rings. The summed E-state index contributed by atoms with van der Waals surface area (Å²) in [6, 6.07) is 3.32. The summed E-state index contributed by atoms with van der Waals surface area (Å²) in [5.41, 5.74) is -0.275. The van der Waals surface area contributed by atoms with E-state index >= 15 is 0 Å². The van der Waals surface area contributed by atoms with Crippen LogP contribution in [0.5, 0.6) is 5.75 Å². The summed E-state index contributed by atoms with van der Waals surface area (Å²) in [6.45, 7) is 0. The van der Waals surface area contributed by atoms with Crippen molar-refractivity contribution in [3.63, 3.8) is 0 Å². The highest BCUT2D eigenvalue weighted by Gasteiger charge is 2.51. The number of benzene rings is 1. The second-order valence-corrected chi connectivity index (χ2v) is 5.79. The number of allylic oxidation sites excluding steroid dienone is 2. The number of nitrogens with zero attached hydrogens (tertiary/aromatic N) is 1. The highest BCUT2D eigenvalue weighted by Crippen LogP contribution is 2.48. The van der Waals surface area contributed by atoms with Gasteiger partial charge in [-0.15, -0.1) is 0 Å². The molecule has 1 aromatic rings. The molecule has 8 heteroatoms. The molecular formula is C15H14N2O6. The van der Waals surface area contributed by atoms with Crippen LogP contribution in [-0.2, 0) is 9.59 Å². The molecule has 0 aromatic heterocycles. The number of phenolic OH excluding ortho intramolecular Hbond substituents is 1. The van der Waals surface area contributed by atoms with Gasteiger partial charge in [0.05, 0.1) is 28.5 Å². The number of aliphatic carboxylic acids is 1. The molecule has 2 bridgehead atoms. The molecule has 120 valence electrons. The fraction of sp³-hybridized carbons (Fsp3) is 0.333. The number of carboxylic acids is 1. The average molecular weight is 318 g/mol. The van der Waals surface area contributed by atoms with Crippen LogP contribution in [0, 0.1) is 33.8 Å². The van der Waals surface area contributed by atoms with Crippen molar-refractivity contribution in [1.29, 1.82) is 0 Å². The lowest BCUT2D eigenvalue weighted by Gasteiger charge is -2.24. The normalized spacial score (nSPS) is 27.8. The number of nitro benzene ring substituents is 1. The van der Waals surface area contributed by atoms with Crippen molar-refractivity contribution in [2.24, 2.45) is 23.7 Å². The molecule has 23 heavy (non-hydrogen) atoms. The third-order valence-electron chi connectivity index (χ3n) is 4.50. The minimum Gasteiger partial charge on any atom is -0.506 e. The molecule has 0 radical (unpaired) electrons. The maximum Gasteiger partial charge on any atom is 0.307 e. The third kappa shape index (κ3) is 2.52. The number of fused-ring (bicyclic) bond motifs is 2. The molecule has 0 aliphatic heterocycles. The Bertz CT molecular complexity index is 729. The van der Waals surface area contributed by atoms with Crippen LogP contribution in [0.3, 0.4) is 0 Å². The molecule has 0 spiro atoms. The van der Waals surface area contributed by atoms with E-state index in [-0.39, 0.29) is 23.2 Å². The van der Waals surface area contributed by atoms with Gasteiger partial charge in [-0.25, -0.2) is 0 Å². The van der Waals surface area contributed by atoms with Crippen molar-refractivity contribution >= 4 is 23.3 Å². The zero-order chi connectivity index (χ0) is 16.7. The van der Waals surface area contributed by atoms with E-state index in [9.17, 15) is 29.9 Å². The van der Waals surface area contributed by atoms with E-state index in [4.69, 9.17) is 0 Å². The third-order valence-corrected chi connectivity index (χ3v) is 4.50. The first-order valence-electron chi connectivity index (χ1n) is 7.08. The summed E-state index contributed by atoms with van der Waals surface area (Å²) in [7, 11) is 0. The van der Waals surface area contributed by atoms with Gasteiger partial charge in [-0.2, -0.15) is 0 Å². The van der Waals surface area contributed by atoms with Gasteiger partial charge in [-0.3, -0.25) is 19.7 Å². The van der Waals surface area contributed by atoms with Crippen LogP contribution in [0.25, 0.3) is 0 Å². The standard InChI is InChI=1S/C15H14N2O6/c18-11-6-9(17(22)23)3-4-10(11)16-14(19)12-7-1-2-8(5-7)13(12)15(20)21/h1-4,6-8,12-13,18H,5H2,(H,16,19)(H,20,21). The lowest BCUT2D eigenvalue weighted by Crippen LogP contribution is -2.36. The number of carbonyl (C=O) groups excluding carboxylic acids is 1. The molecule has 0 heterocycles. The number of nitrogens with one attached hydrogen (secondary N) is 1. The first kappa shape index (κ1) is 15.0. The van der Waals surface area contributed by atoms with Crippen LogP contribution >= 0.6 is 0 Å². The Morgan fingerprint density at radius 2 is 1.87 bits per heavy atom. The number of hydrogen-bond donors (Lipinski definition) is 3. The summed E-state index contributed by atoms with van der Waals surface area (Å²) in [6.07, 6.45) is 4.31. The highest BCUT2D eigenvalue weighted by molar-refractivity contribution is 5.97. The Morgan fingerprint density at radius 1 is 1.22 bits per heavy atom. The molecule has 8 nitrogen and oxygen atoms in total. The minimum absolute atomic E-state index is 0.0245. The van der Waals surface area contributed by atoms with E-state index in [0.717, 1.165) is 12.1 Å². The molecule has 1 saturated carbocycles. The Kier molecular flexibility index (Phi) is 3.51. The predicted molar refractivity (Wildman–Crippen MR) is 78.7 cm³/mol. The maximum absolute atomic E-state index is 12.4. The first-order chi connectivity index (χ1) is 10.9. The molecule has 1 amide bonds. The maximum atomic E-state index is 12.4. The van der Waals surface area contributed by atoms with Crippen LogP contribution in [0.1, 0.15) is 6.42 Å². The van der Waals surface area contributed by atoms with Gasteiger partial charge in [-0.1, -0.05) is 12.2 Å². The fourth-order valence-corrected chi connectivity index (χ4v) is 3.47. The van der Waals surface area contributed by atoms with E-state index in [0.29, 0.717) is 6.42 Å². The predicted octanol–water partition coefficient (Wildman–Crippen LogP) is 1.76. The van der Waals surface area contributed by atoms with Crippen LogP contribution in [0.2, 0.25) is 0 Å². The number of carboxylic acid groups (broad SMARTS) is 1. The quantitative estimate of drug-likeness (QED) is 0.336. The SMILES string of the molecule is O=C(O)C1C2C=CC(C2)C1C(=O)Nc1ccc([N+](=O)[O-])cc1O. The number of amides is 1. The molecule has 1 aromatic carbocycles. The van der Waals surface area contributed by atoms with Crippen LogP contribution < -0.4 is 5.32 Å². The number of phenols is 1. The van der Waals surface area contributed by atoms with Gasteiger partial charge in [0.1, 0.15) is 5.75 Å². The number of hydrogen-bond acceptors (Lipinski definition) is 5. The van der Waals surface area contributed by atoms with E-state index in [1.807, 2.05) is 12.2 Å². The van der Waals surface area contributed by atoms with Crippen LogP contribution in [0.15, 0.2) is 30.4 Å². The lowest BCUT2D eigenvalue weighted by atomic mass is 9.82. The Labute approximate surface area is 130 Å². The molecule has 1 fully saturated rings. The Balaban J connectivity index is 1.81. The number of anilines is 1. The molecule has 2 aliphatic carbocycles. The molecule has 3 N–H and O–H groups in total. The molecule has 4 unspecified atom stereocenters. The van der Waals surface area contributed by atoms with Gasteiger partial charge >= 0.3 is 5.97 Å². The Hall–Kier alpha value is -2.90. The summed E-state index contributed by atoms with van der Waals surface area (Å²) >= 11 is 0. The molecule has 4 atom stereocenters. The first-order valence-corrected chi connectivity index (χ1v) is 7.08. The van der Waals surface area contributed by atoms with Crippen molar-refractivity contribution in [2.75, 3.05) is 5.32 Å². The number of nitro groups is 1. The second-order valence-electron chi connectivity index (χ2n) is 5.79. The van der Waals surface area contributed by atoms with Gasteiger partial charge in [0, 0.05) is 6.07 Å². The van der Waals surface area contributed by atoms with Crippen molar-refractivity contribution in [2.45, 2.75) is 6.42 Å². The summed E-state index contributed by atoms with van der Waals surface area (Å²) in [4.78, 5) is 33.8. The topological polar surface area (TPSA) is 130 Å². The molecular weight excluding hydrogens is 304 g/mol. The summed E-state index contributed by atoms with van der Waals surface area (Å²) in [5.74, 6) is -3.74. The number of carbonyl (C=O) groups is 2. The zero-order valence-corrected chi connectivity index (χ0v) is 11.9. The van der Waals surface area contributed by atoms with Gasteiger partial charge in [0.25, 0.3) is 5.69 Å². The highest BCUT2D eigenvalue weighted by atomic mass is 16.6. The summed E-state index contributed by atoms with van der Waals surface area (Å²) in [5, 5.41) is 32.2. The monoisotopic (exact) mass is 318 g/mol. The van der Waals surface area contributed by atoms with Crippen molar-refractivity contribution in [1.82, 2.24) is 0 Å². The zero-order valence-electron chi connectivity index (χ0n) is 11.9. The van der Waals surface area contributed by atoms with Crippen molar-refractivity contribution in [3.05, 3.63) is 40.5 Å². The molecule has 3 rings (SSSR count). The van der Waals surface area contributed by atoms with Crippen molar-refractivity contribution < 1.29 is 24.7 Å². The second kappa shape index (κ2) is 5.38. The summed E-state index contributed by atoms with van der Waals surface area (Å²) < 4.78 is 0.